The third kappa shape index (κ3) is 3.59. The molecule has 0 unspecified atom stereocenters. The quantitative estimate of drug-likeness (QED) is 0.258. The molecule has 0 aliphatic heterocycles. The Balaban J connectivity index is 3.40. The molecule has 5 heteroatoms. The number of carbonyl (C=O) groups excluding carboxylic acids is 2. The Kier molecular flexibility index (Phi) is 3.86. The third-order valence-corrected chi connectivity index (χ3v) is 0.798. The van der Waals surface area contributed by atoms with E-state index in [2.05, 4.69) is 11.1 Å². The summed E-state index contributed by atoms with van der Waals surface area (Å²) in [5.74, 6) is -1.80. The van der Waals surface area contributed by atoms with Crippen molar-refractivity contribution < 1.29 is 9.59 Å². The molecule has 0 saturated heterocycles. The largest absolute Gasteiger partial charge is 0.361 e. The van der Waals surface area contributed by atoms with E-state index >= 15 is 0 Å². The second-order valence-corrected chi connectivity index (χ2v) is 1.61. The Hall–Kier alpha value is -1.39. The highest BCUT2D eigenvalue weighted by Gasteiger charge is 2.04. The van der Waals surface area contributed by atoms with Crippen molar-refractivity contribution in [2.45, 2.75) is 6.42 Å². The standard InChI is InChI=1S/C5H9N3O2/c6-2-1-3-8-5(10)4(7)9/h2,6H,1,3H2,(H2,7,9)(H,8,10). The van der Waals surface area contributed by atoms with Gasteiger partial charge in [-0.3, -0.25) is 9.59 Å². The van der Waals surface area contributed by atoms with Gasteiger partial charge >= 0.3 is 11.8 Å². The highest BCUT2D eigenvalue weighted by Crippen LogP contribution is 1.68. The molecular weight excluding hydrogens is 134 g/mol. The molecule has 0 aromatic carbocycles. The number of nitrogens with two attached hydrogens (primary N) is 1. The van der Waals surface area contributed by atoms with Gasteiger partial charge in [0.2, 0.25) is 0 Å². The van der Waals surface area contributed by atoms with Gasteiger partial charge in [0.1, 0.15) is 0 Å². The van der Waals surface area contributed by atoms with Crippen molar-refractivity contribution in [2.75, 3.05) is 6.54 Å². The Morgan fingerprint density at radius 3 is 2.60 bits per heavy atom. The molecule has 0 rings (SSSR count). The van der Waals surface area contributed by atoms with Crippen molar-refractivity contribution >= 4 is 18.0 Å². The van der Waals surface area contributed by atoms with E-state index in [4.69, 9.17) is 5.41 Å². The Morgan fingerprint density at radius 2 is 2.20 bits per heavy atom. The van der Waals surface area contributed by atoms with Crippen LogP contribution in [0.5, 0.6) is 0 Å². The van der Waals surface area contributed by atoms with Crippen LogP contribution in [-0.2, 0) is 9.59 Å². The zero-order valence-electron chi connectivity index (χ0n) is 5.39. The highest BCUT2D eigenvalue weighted by atomic mass is 16.2. The van der Waals surface area contributed by atoms with Crippen molar-refractivity contribution in [2.24, 2.45) is 5.73 Å². The summed E-state index contributed by atoms with van der Waals surface area (Å²) in [6, 6.07) is 0. The van der Waals surface area contributed by atoms with Crippen LogP contribution in [0.15, 0.2) is 0 Å². The molecule has 0 heterocycles. The topological polar surface area (TPSA) is 96.0 Å². The van der Waals surface area contributed by atoms with Gasteiger partial charge < -0.3 is 16.5 Å². The number of primary amides is 1. The first-order valence-electron chi connectivity index (χ1n) is 2.75. The molecule has 0 aliphatic carbocycles. The third-order valence-electron chi connectivity index (χ3n) is 0.798. The fourth-order valence-electron chi connectivity index (χ4n) is 0.345. The molecule has 0 aliphatic rings. The number of carbonyl (C=O) groups is 2. The van der Waals surface area contributed by atoms with Crippen LogP contribution in [-0.4, -0.2) is 24.6 Å². The molecule has 10 heavy (non-hydrogen) atoms. The van der Waals surface area contributed by atoms with Crippen LogP contribution in [0.3, 0.4) is 0 Å². The Labute approximate surface area is 58.1 Å². The molecule has 0 aromatic rings. The van der Waals surface area contributed by atoms with Crippen LogP contribution >= 0.6 is 0 Å². The highest BCUT2D eigenvalue weighted by molar-refractivity contribution is 6.34. The second-order valence-electron chi connectivity index (χ2n) is 1.61. The zero-order chi connectivity index (χ0) is 7.98. The van der Waals surface area contributed by atoms with Crippen LogP contribution in [0.4, 0.5) is 0 Å². The average molecular weight is 143 g/mol. The molecule has 0 atom stereocenters. The summed E-state index contributed by atoms with van der Waals surface area (Å²) in [5, 5.41) is 8.78. The summed E-state index contributed by atoms with van der Waals surface area (Å²) in [6.45, 7) is 0.283. The molecule has 0 fully saturated rings. The summed E-state index contributed by atoms with van der Waals surface area (Å²) in [5.41, 5.74) is 4.61. The normalized spacial score (nSPS) is 8.40. The Morgan fingerprint density at radius 1 is 1.60 bits per heavy atom. The van der Waals surface area contributed by atoms with Gasteiger partial charge in [0.25, 0.3) is 0 Å². The molecule has 2 amide bonds. The number of nitrogens with one attached hydrogen (secondary N) is 2. The van der Waals surface area contributed by atoms with E-state index < -0.39 is 11.8 Å². The second kappa shape index (κ2) is 4.49. The minimum absolute atomic E-state index is 0.283. The van der Waals surface area contributed by atoms with Gasteiger partial charge in [0, 0.05) is 6.54 Å². The summed E-state index contributed by atoms with van der Waals surface area (Å²) in [7, 11) is 0. The van der Waals surface area contributed by atoms with Crippen molar-refractivity contribution in [3.05, 3.63) is 0 Å². The van der Waals surface area contributed by atoms with Crippen LogP contribution < -0.4 is 11.1 Å². The van der Waals surface area contributed by atoms with E-state index in [0.717, 1.165) is 6.21 Å². The first kappa shape index (κ1) is 8.61. The van der Waals surface area contributed by atoms with E-state index in [1.807, 2.05) is 0 Å². The zero-order valence-corrected chi connectivity index (χ0v) is 5.39. The number of hydrogen-bond donors (Lipinski definition) is 3. The van der Waals surface area contributed by atoms with Crippen molar-refractivity contribution in [1.82, 2.24) is 5.32 Å². The molecule has 0 bridgehead atoms. The van der Waals surface area contributed by atoms with Crippen molar-refractivity contribution in [3.8, 4) is 0 Å². The van der Waals surface area contributed by atoms with Crippen LogP contribution in [0, 0.1) is 5.41 Å². The van der Waals surface area contributed by atoms with E-state index in [1.165, 1.54) is 0 Å². The minimum atomic E-state index is -0.995. The van der Waals surface area contributed by atoms with E-state index in [1.54, 1.807) is 0 Å². The number of amides is 2. The SMILES string of the molecule is N=CCCNC(=O)C(N)=O. The maximum atomic E-state index is 10.4. The molecule has 56 valence electrons. The van der Waals surface area contributed by atoms with Crippen molar-refractivity contribution in [1.29, 1.82) is 5.41 Å². The lowest BCUT2D eigenvalue weighted by Crippen LogP contribution is -2.36. The molecule has 0 saturated carbocycles. The molecule has 0 aromatic heterocycles. The fraction of sp³-hybridized carbons (Fsp3) is 0.400. The Bertz CT molecular complexity index is 155. The van der Waals surface area contributed by atoms with Gasteiger partial charge in [-0.25, -0.2) is 0 Å². The first-order valence-corrected chi connectivity index (χ1v) is 2.75. The predicted octanol–water partition coefficient (Wildman–Crippen LogP) is -1.37. The maximum Gasteiger partial charge on any atom is 0.309 e. The van der Waals surface area contributed by atoms with Crippen molar-refractivity contribution in [3.63, 3.8) is 0 Å². The average Bonchev–Trinajstić information content (AvgIpc) is 1.88. The molecule has 0 spiro atoms. The lowest BCUT2D eigenvalue weighted by Gasteiger charge is -1.96. The van der Waals surface area contributed by atoms with E-state index in [9.17, 15) is 9.59 Å². The van der Waals surface area contributed by atoms with Gasteiger partial charge in [-0.1, -0.05) is 0 Å². The number of rotatable bonds is 3. The minimum Gasteiger partial charge on any atom is -0.361 e. The first-order chi connectivity index (χ1) is 4.68. The van der Waals surface area contributed by atoms with Crippen LogP contribution in [0.2, 0.25) is 0 Å². The van der Waals surface area contributed by atoms with Crippen LogP contribution in [0.1, 0.15) is 6.42 Å². The maximum absolute atomic E-state index is 10.4. The summed E-state index contributed by atoms with van der Waals surface area (Å²) in [6.07, 6.45) is 1.56. The lowest BCUT2D eigenvalue weighted by atomic mass is 10.4. The molecular formula is C5H9N3O2. The van der Waals surface area contributed by atoms with Gasteiger partial charge in [0.05, 0.1) is 0 Å². The van der Waals surface area contributed by atoms with E-state index in [0.29, 0.717) is 6.42 Å². The van der Waals surface area contributed by atoms with Gasteiger partial charge in [-0.2, -0.15) is 0 Å². The predicted molar refractivity (Wildman–Crippen MR) is 35.6 cm³/mol. The van der Waals surface area contributed by atoms with Gasteiger partial charge in [0.15, 0.2) is 0 Å². The lowest BCUT2D eigenvalue weighted by molar-refractivity contribution is -0.137. The fourth-order valence-corrected chi connectivity index (χ4v) is 0.345. The molecule has 0 radical (unpaired) electrons. The summed E-state index contributed by atoms with van der Waals surface area (Å²) >= 11 is 0. The van der Waals surface area contributed by atoms with Gasteiger partial charge in [-0.05, 0) is 12.6 Å². The summed E-state index contributed by atoms with van der Waals surface area (Å²) in [4.78, 5) is 20.4. The summed E-state index contributed by atoms with van der Waals surface area (Å²) < 4.78 is 0. The number of hydrogen-bond acceptors (Lipinski definition) is 3. The van der Waals surface area contributed by atoms with Crippen LogP contribution in [0.25, 0.3) is 0 Å². The van der Waals surface area contributed by atoms with E-state index in [-0.39, 0.29) is 6.54 Å². The smallest absolute Gasteiger partial charge is 0.309 e. The molecule has 4 N–H and O–H groups in total. The van der Waals surface area contributed by atoms with Gasteiger partial charge in [-0.15, -0.1) is 0 Å². The molecule has 5 nitrogen and oxygen atoms in total. The monoisotopic (exact) mass is 143 g/mol.